The molecule has 1 amide bonds. The third-order valence-corrected chi connectivity index (χ3v) is 6.42. The van der Waals surface area contributed by atoms with Crippen LogP contribution in [0.5, 0.6) is 5.75 Å². The minimum Gasteiger partial charge on any atom is -0.493 e. The molecule has 1 aliphatic carbocycles. The Hall–Kier alpha value is -1.55. The Bertz CT molecular complexity index is 619. The van der Waals surface area contributed by atoms with E-state index < -0.39 is 0 Å². The van der Waals surface area contributed by atoms with Gasteiger partial charge in [-0.3, -0.25) is 4.79 Å². The summed E-state index contributed by atoms with van der Waals surface area (Å²) in [6.07, 6.45) is 12.3. The van der Waals surface area contributed by atoms with Crippen molar-refractivity contribution in [2.45, 2.75) is 63.7 Å². The van der Waals surface area contributed by atoms with Gasteiger partial charge in [0, 0.05) is 24.3 Å². The van der Waals surface area contributed by atoms with Gasteiger partial charge in [0.05, 0.1) is 6.61 Å². The van der Waals surface area contributed by atoms with E-state index in [4.69, 9.17) is 4.74 Å². The summed E-state index contributed by atoms with van der Waals surface area (Å²) in [6, 6.07) is 4.21. The van der Waals surface area contributed by atoms with Crippen LogP contribution in [0.15, 0.2) is 12.1 Å². The van der Waals surface area contributed by atoms with E-state index in [0.717, 1.165) is 50.4 Å². The van der Waals surface area contributed by atoms with E-state index in [1.165, 1.54) is 69.2 Å². The predicted octanol–water partition coefficient (Wildman–Crippen LogP) is 4.12. The van der Waals surface area contributed by atoms with E-state index >= 15 is 0 Å². The lowest BCUT2D eigenvalue weighted by Gasteiger charge is -2.26. The van der Waals surface area contributed by atoms with Crippen LogP contribution in [0.4, 0.5) is 5.69 Å². The highest BCUT2D eigenvalue weighted by molar-refractivity contribution is 5.81. The van der Waals surface area contributed by atoms with E-state index in [9.17, 15) is 4.79 Å². The molecule has 3 aliphatic rings. The van der Waals surface area contributed by atoms with Gasteiger partial charge in [0.2, 0.25) is 6.41 Å². The van der Waals surface area contributed by atoms with Crippen molar-refractivity contribution >= 4 is 12.1 Å². The first kappa shape index (κ1) is 17.8. The van der Waals surface area contributed by atoms with E-state index in [2.05, 4.69) is 17.0 Å². The average Bonchev–Trinajstić information content (AvgIpc) is 3.35. The van der Waals surface area contributed by atoms with Gasteiger partial charge in [0.25, 0.3) is 0 Å². The summed E-state index contributed by atoms with van der Waals surface area (Å²) >= 11 is 0. The van der Waals surface area contributed by atoms with Crippen molar-refractivity contribution in [2.75, 3.05) is 37.7 Å². The molecule has 0 unspecified atom stereocenters. The third-order valence-electron chi connectivity index (χ3n) is 6.42. The lowest BCUT2D eigenvalue weighted by atomic mass is 9.90. The number of benzene rings is 1. The molecule has 26 heavy (non-hydrogen) atoms. The fraction of sp³-hybridized carbons (Fsp3) is 0.682. The molecule has 2 heterocycles. The number of fused-ring (bicyclic) bond motifs is 1. The Morgan fingerprint density at radius 2 is 1.85 bits per heavy atom. The van der Waals surface area contributed by atoms with Crippen molar-refractivity contribution in [1.29, 1.82) is 0 Å². The SMILES string of the molecule is O=CN1CCc2c1ccc(OCCCN1CCCCC1)c2C1CCCC1. The van der Waals surface area contributed by atoms with E-state index in [1.807, 2.05) is 4.90 Å². The Balaban J connectivity index is 1.44. The first-order valence-corrected chi connectivity index (χ1v) is 10.6. The number of carbonyl (C=O) groups is 1. The lowest BCUT2D eigenvalue weighted by molar-refractivity contribution is -0.107. The topological polar surface area (TPSA) is 32.8 Å². The molecular formula is C22H32N2O2. The van der Waals surface area contributed by atoms with Crippen molar-refractivity contribution in [3.05, 3.63) is 23.3 Å². The number of amides is 1. The Labute approximate surface area is 157 Å². The van der Waals surface area contributed by atoms with Gasteiger partial charge < -0.3 is 14.5 Å². The summed E-state index contributed by atoms with van der Waals surface area (Å²) in [5.74, 6) is 1.70. The molecule has 2 fully saturated rings. The minimum absolute atomic E-state index is 0.619. The fourth-order valence-corrected chi connectivity index (χ4v) is 5.07. The normalized spacial score (nSPS) is 21.2. The number of hydrogen-bond donors (Lipinski definition) is 0. The van der Waals surface area contributed by atoms with Crippen molar-refractivity contribution < 1.29 is 9.53 Å². The average molecular weight is 357 g/mol. The second-order valence-electron chi connectivity index (χ2n) is 8.11. The van der Waals surface area contributed by atoms with Gasteiger partial charge in [0.15, 0.2) is 0 Å². The van der Waals surface area contributed by atoms with Gasteiger partial charge in [-0.25, -0.2) is 0 Å². The van der Waals surface area contributed by atoms with Crippen LogP contribution in [0.25, 0.3) is 0 Å². The van der Waals surface area contributed by atoms with Crippen molar-refractivity contribution in [1.82, 2.24) is 4.90 Å². The molecule has 0 atom stereocenters. The maximum Gasteiger partial charge on any atom is 0.214 e. The Kier molecular flexibility index (Phi) is 5.78. The lowest BCUT2D eigenvalue weighted by Crippen LogP contribution is -2.31. The number of ether oxygens (including phenoxy) is 1. The second kappa shape index (κ2) is 8.43. The van der Waals surface area contributed by atoms with Crippen LogP contribution < -0.4 is 9.64 Å². The molecule has 1 aromatic rings. The molecule has 1 aromatic carbocycles. The van der Waals surface area contributed by atoms with Gasteiger partial charge in [-0.1, -0.05) is 19.3 Å². The maximum absolute atomic E-state index is 11.3. The summed E-state index contributed by atoms with van der Waals surface area (Å²) in [4.78, 5) is 15.8. The summed E-state index contributed by atoms with van der Waals surface area (Å²) in [5.41, 5.74) is 3.91. The van der Waals surface area contributed by atoms with Gasteiger partial charge in [0.1, 0.15) is 5.75 Å². The highest BCUT2D eigenvalue weighted by atomic mass is 16.5. The highest BCUT2D eigenvalue weighted by Gasteiger charge is 2.29. The largest absolute Gasteiger partial charge is 0.493 e. The molecule has 4 nitrogen and oxygen atoms in total. The highest BCUT2D eigenvalue weighted by Crippen LogP contribution is 2.45. The van der Waals surface area contributed by atoms with Crippen LogP contribution in [0.2, 0.25) is 0 Å². The van der Waals surface area contributed by atoms with Crippen LogP contribution in [-0.4, -0.2) is 44.1 Å². The number of hydrogen-bond acceptors (Lipinski definition) is 3. The first-order valence-electron chi connectivity index (χ1n) is 10.6. The van der Waals surface area contributed by atoms with E-state index in [1.54, 1.807) is 0 Å². The third kappa shape index (κ3) is 3.75. The van der Waals surface area contributed by atoms with Crippen LogP contribution >= 0.6 is 0 Å². The number of carbonyl (C=O) groups excluding carboxylic acids is 1. The first-order chi connectivity index (χ1) is 12.9. The maximum atomic E-state index is 11.3. The number of rotatable bonds is 7. The zero-order chi connectivity index (χ0) is 17.8. The van der Waals surface area contributed by atoms with Crippen molar-refractivity contribution in [3.8, 4) is 5.75 Å². The molecule has 4 rings (SSSR count). The molecule has 4 heteroatoms. The van der Waals surface area contributed by atoms with Crippen LogP contribution in [-0.2, 0) is 11.2 Å². The molecule has 0 bridgehead atoms. The molecular weight excluding hydrogens is 324 g/mol. The molecule has 142 valence electrons. The summed E-state index contributed by atoms with van der Waals surface area (Å²) in [6.45, 7) is 5.29. The zero-order valence-electron chi connectivity index (χ0n) is 15.9. The molecule has 1 saturated carbocycles. The molecule has 2 aliphatic heterocycles. The Morgan fingerprint density at radius 1 is 1.04 bits per heavy atom. The molecule has 0 spiro atoms. The minimum atomic E-state index is 0.619. The van der Waals surface area contributed by atoms with Gasteiger partial charge in [-0.05, 0) is 75.2 Å². The van der Waals surface area contributed by atoms with Gasteiger partial charge in [-0.2, -0.15) is 0 Å². The summed E-state index contributed by atoms with van der Waals surface area (Å²) in [5, 5.41) is 0. The number of likely N-dealkylation sites (tertiary alicyclic amines) is 1. The smallest absolute Gasteiger partial charge is 0.214 e. The monoisotopic (exact) mass is 356 g/mol. The molecule has 0 N–H and O–H groups in total. The van der Waals surface area contributed by atoms with Crippen LogP contribution in [0.1, 0.15) is 68.4 Å². The number of piperidine rings is 1. The van der Waals surface area contributed by atoms with Gasteiger partial charge >= 0.3 is 0 Å². The predicted molar refractivity (Wildman–Crippen MR) is 105 cm³/mol. The fourth-order valence-electron chi connectivity index (χ4n) is 5.07. The zero-order valence-corrected chi connectivity index (χ0v) is 15.9. The number of nitrogens with zero attached hydrogens (tertiary/aromatic N) is 2. The van der Waals surface area contributed by atoms with Crippen LogP contribution in [0.3, 0.4) is 0 Å². The summed E-state index contributed by atoms with van der Waals surface area (Å²) in [7, 11) is 0. The van der Waals surface area contributed by atoms with E-state index in [-0.39, 0.29) is 0 Å². The quantitative estimate of drug-likeness (QED) is 0.544. The van der Waals surface area contributed by atoms with Gasteiger partial charge in [-0.15, -0.1) is 0 Å². The Morgan fingerprint density at radius 3 is 2.62 bits per heavy atom. The number of anilines is 1. The second-order valence-corrected chi connectivity index (χ2v) is 8.11. The molecule has 0 radical (unpaired) electrons. The van der Waals surface area contributed by atoms with E-state index in [0.29, 0.717) is 5.92 Å². The van der Waals surface area contributed by atoms with Crippen molar-refractivity contribution in [3.63, 3.8) is 0 Å². The molecule has 0 aromatic heterocycles. The van der Waals surface area contributed by atoms with Crippen LogP contribution in [0, 0.1) is 0 Å². The molecule has 1 saturated heterocycles. The van der Waals surface area contributed by atoms with Crippen molar-refractivity contribution in [2.24, 2.45) is 0 Å². The summed E-state index contributed by atoms with van der Waals surface area (Å²) < 4.78 is 6.30. The standard InChI is InChI=1S/C22H32N2O2/c25-17-24-15-11-19-20(24)9-10-21(22(19)18-7-2-3-8-18)26-16-6-14-23-12-4-1-5-13-23/h9-10,17-18H,1-8,11-16H2.